The van der Waals surface area contributed by atoms with Gasteiger partial charge in [0.05, 0.1) is 12.7 Å². The number of amides is 1. The topological polar surface area (TPSA) is 60.8 Å². The van der Waals surface area contributed by atoms with Gasteiger partial charge in [0.1, 0.15) is 0 Å². The van der Waals surface area contributed by atoms with E-state index in [0.717, 1.165) is 25.7 Å². The first-order valence-corrected chi connectivity index (χ1v) is 6.23. The van der Waals surface area contributed by atoms with Crippen LogP contribution < -0.4 is 0 Å². The smallest absolute Gasteiger partial charge is 0.225 e. The monoisotopic (exact) mass is 229 g/mol. The molecule has 0 bridgehead atoms. The minimum atomic E-state index is -0.529. The van der Waals surface area contributed by atoms with Crippen LogP contribution in [0.1, 0.15) is 39.0 Å². The van der Waals surface area contributed by atoms with E-state index >= 15 is 0 Å². The standard InChI is InChI=1S/C12H23NO3/c1-10(15)9-13(7-8-14)12(16)11-5-3-2-4-6-11/h10-11,14-15H,2-9H2,1H3. The molecule has 0 heterocycles. The summed E-state index contributed by atoms with van der Waals surface area (Å²) in [5, 5.41) is 18.2. The lowest BCUT2D eigenvalue weighted by Gasteiger charge is -2.29. The van der Waals surface area contributed by atoms with Crippen LogP contribution in [0.3, 0.4) is 0 Å². The molecule has 1 atom stereocenters. The molecule has 0 aromatic heterocycles. The zero-order valence-corrected chi connectivity index (χ0v) is 10.1. The van der Waals surface area contributed by atoms with Crippen molar-refractivity contribution >= 4 is 5.91 Å². The van der Waals surface area contributed by atoms with Gasteiger partial charge >= 0.3 is 0 Å². The predicted molar refractivity (Wildman–Crippen MR) is 61.9 cm³/mol. The van der Waals surface area contributed by atoms with Crippen molar-refractivity contribution in [2.75, 3.05) is 19.7 Å². The van der Waals surface area contributed by atoms with Crippen molar-refractivity contribution in [3.05, 3.63) is 0 Å². The second-order valence-electron chi connectivity index (χ2n) is 4.69. The molecule has 1 aliphatic carbocycles. The maximum absolute atomic E-state index is 12.1. The van der Waals surface area contributed by atoms with Gasteiger partial charge in [-0.25, -0.2) is 0 Å². The number of rotatable bonds is 5. The van der Waals surface area contributed by atoms with Crippen LogP contribution in [0.2, 0.25) is 0 Å². The summed E-state index contributed by atoms with van der Waals surface area (Å²) in [4.78, 5) is 13.7. The van der Waals surface area contributed by atoms with Gasteiger partial charge < -0.3 is 15.1 Å². The zero-order valence-electron chi connectivity index (χ0n) is 10.1. The SMILES string of the molecule is CC(O)CN(CCO)C(=O)C1CCCCC1. The lowest BCUT2D eigenvalue weighted by Crippen LogP contribution is -2.42. The molecule has 1 amide bonds. The van der Waals surface area contributed by atoms with Crippen LogP contribution in [0.25, 0.3) is 0 Å². The van der Waals surface area contributed by atoms with E-state index in [9.17, 15) is 9.90 Å². The first kappa shape index (κ1) is 13.5. The molecule has 4 heteroatoms. The van der Waals surface area contributed by atoms with E-state index in [-0.39, 0.29) is 18.4 Å². The Labute approximate surface area is 97.3 Å². The number of carbonyl (C=O) groups is 1. The molecule has 1 unspecified atom stereocenters. The van der Waals surface area contributed by atoms with Gasteiger partial charge in [-0.3, -0.25) is 4.79 Å². The molecular formula is C12H23NO3. The van der Waals surface area contributed by atoms with E-state index in [1.165, 1.54) is 6.42 Å². The quantitative estimate of drug-likeness (QED) is 0.732. The second-order valence-corrected chi connectivity index (χ2v) is 4.69. The summed E-state index contributed by atoms with van der Waals surface area (Å²) in [6, 6.07) is 0. The Morgan fingerprint density at radius 1 is 1.38 bits per heavy atom. The van der Waals surface area contributed by atoms with Gasteiger partial charge in [-0.1, -0.05) is 19.3 Å². The zero-order chi connectivity index (χ0) is 12.0. The largest absolute Gasteiger partial charge is 0.395 e. The van der Waals surface area contributed by atoms with Gasteiger partial charge in [0.2, 0.25) is 5.91 Å². The Morgan fingerprint density at radius 2 is 2.00 bits per heavy atom. The van der Waals surface area contributed by atoms with Crippen LogP contribution in [-0.4, -0.2) is 46.8 Å². The Bertz CT molecular complexity index is 212. The predicted octanol–water partition coefficient (Wildman–Crippen LogP) is 0.768. The second kappa shape index (κ2) is 6.86. The molecule has 1 rings (SSSR count). The fraction of sp³-hybridized carbons (Fsp3) is 0.917. The summed E-state index contributed by atoms with van der Waals surface area (Å²) in [6.07, 6.45) is 4.86. The molecule has 0 aliphatic heterocycles. The van der Waals surface area contributed by atoms with Gasteiger partial charge in [-0.15, -0.1) is 0 Å². The van der Waals surface area contributed by atoms with Crippen molar-refractivity contribution in [3.63, 3.8) is 0 Å². The van der Waals surface area contributed by atoms with Crippen molar-refractivity contribution in [2.45, 2.75) is 45.1 Å². The summed E-state index contributed by atoms with van der Waals surface area (Å²) in [6.45, 7) is 2.29. The third kappa shape index (κ3) is 4.10. The van der Waals surface area contributed by atoms with Crippen LogP contribution in [0, 0.1) is 5.92 Å². The highest BCUT2D eigenvalue weighted by Gasteiger charge is 2.26. The van der Waals surface area contributed by atoms with E-state index in [1.54, 1.807) is 11.8 Å². The van der Waals surface area contributed by atoms with E-state index in [0.29, 0.717) is 13.1 Å². The van der Waals surface area contributed by atoms with Crippen molar-refractivity contribution in [3.8, 4) is 0 Å². The Balaban J connectivity index is 2.50. The van der Waals surface area contributed by atoms with Gasteiger partial charge in [0.15, 0.2) is 0 Å². The molecule has 4 nitrogen and oxygen atoms in total. The molecule has 1 aliphatic rings. The lowest BCUT2D eigenvalue weighted by molar-refractivity contribution is -0.138. The van der Waals surface area contributed by atoms with E-state index in [2.05, 4.69) is 0 Å². The highest BCUT2D eigenvalue weighted by molar-refractivity contribution is 5.79. The summed E-state index contributed by atoms with van der Waals surface area (Å²) < 4.78 is 0. The van der Waals surface area contributed by atoms with Crippen LogP contribution in [0.15, 0.2) is 0 Å². The van der Waals surface area contributed by atoms with Crippen LogP contribution >= 0.6 is 0 Å². The average Bonchev–Trinajstić information content (AvgIpc) is 2.28. The van der Waals surface area contributed by atoms with Gasteiger partial charge in [-0.2, -0.15) is 0 Å². The van der Waals surface area contributed by atoms with Gasteiger partial charge in [-0.05, 0) is 19.8 Å². The molecule has 16 heavy (non-hydrogen) atoms. The van der Waals surface area contributed by atoms with Gasteiger partial charge in [0, 0.05) is 19.0 Å². The number of aliphatic hydroxyl groups excluding tert-OH is 2. The average molecular weight is 229 g/mol. The summed E-state index contributed by atoms with van der Waals surface area (Å²) in [5.41, 5.74) is 0. The normalized spacial score (nSPS) is 19.4. The van der Waals surface area contributed by atoms with E-state index in [4.69, 9.17) is 5.11 Å². The Kier molecular flexibility index (Phi) is 5.77. The van der Waals surface area contributed by atoms with Crippen molar-refractivity contribution < 1.29 is 15.0 Å². The highest BCUT2D eigenvalue weighted by atomic mass is 16.3. The third-order valence-corrected chi connectivity index (χ3v) is 3.12. The number of nitrogens with zero attached hydrogens (tertiary/aromatic N) is 1. The highest BCUT2D eigenvalue weighted by Crippen LogP contribution is 2.25. The molecule has 0 radical (unpaired) electrons. The van der Waals surface area contributed by atoms with E-state index in [1.807, 2.05) is 0 Å². The van der Waals surface area contributed by atoms with Gasteiger partial charge in [0.25, 0.3) is 0 Å². The molecule has 0 saturated heterocycles. The van der Waals surface area contributed by atoms with Crippen molar-refractivity contribution in [2.24, 2.45) is 5.92 Å². The third-order valence-electron chi connectivity index (χ3n) is 3.12. The molecule has 0 spiro atoms. The minimum absolute atomic E-state index is 0.0365. The van der Waals surface area contributed by atoms with Crippen LogP contribution in [0.5, 0.6) is 0 Å². The fourth-order valence-corrected chi connectivity index (χ4v) is 2.34. The first-order valence-electron chi connectivity index (χ1n) is 6.23. The fourth-order valence-electron chi connectivity index (χ4n) is 2.34. The number of hydrogen-bond donors (Lipinski definition) is 2. The van der Waals surface area contributed by atoms with Crippen LogP contribution in [-0.2, 0) is 4.79 Å². The maximum Gasteiger partial charge on any atom is 0.225 e. The molecular weight excluding hydrogens is 206 g/mol. The number of carbonyl (C=O) groups excluding carboxylic acids is 1. The molecule has 0 aromatic rings. The van der Waals surface area contributed by atoms with Crippen molar-refractivity contribution in [1.29, 1.82) is 0 Å². The maximum atomic E-state index is 12.1. The number of hydrogen-bond acceptors (Lipinski definition) is 3. The first-order chi connectivity index (χ1) is 7.65. The Hall–Kier alpha value is -0.610. The van der Waals surface area contributed by atoms with E-state index < -0.39 is 6.10 Å². The lowest BCUT2D eigenvalue weighted by atomic mass is 9.88. The van der Waals surface area contributed by atoms with Crippen molar-refractivity contribution in [1.82, 2.24) is 4.90 Å². The molecule has 0 aromatic carbocycles. The van der Waals surface area contributed by atoms with Crippen LogP contribution in [0.4, 0.5) is 0 Å². The summed E-state index contributed by atoms with van der Waals surface area (Å²) in [7, 11) is 0. The molecule has 2 N–H and O–H groups in total. The molecule has 94 valence electrons. The molecule has 1 saturated carbocycles. The Morgan fingerprint density at radius 3 is 2.50 bits per heavy atom. The number of aliphatic hydroxyl groups is 2. The summed E-state index contributed by atoms with van der Waals surface area (Å²) in [5.74, 6) is 0.216. The minimum Gasteiger partial charge on any atom is -0.395 e. The summed E-state index contributed by atoms with van der Waals surface area (Å²) >= 11 is 0. The molecule has 1 fully saturated rings.